The van der Waals surface area contributed by atoms with Gasteiger partial charge in [0, 0.05) is 51.5 Å². The molecule has 2 N–H and O–H groups in total. The molecule has 0 spiro atoms. The summed E-state index contributed by atoms with van der Waals surface area (Å²) in [4.78, 5) is 8.59. The largest absolute Gasteiger partial charge is 0.370 e. The number of benzene rings is 1. The van der Waals surface area contributed by atoms with E-state index in [9.17, 15) is 12.8 Å². The maximum atomic E-state index is 13.0. The van der Waals surface area contributed by atoms with Crippen LogP contribution in [0.15, 0.2) is 29.3 Å². The Morgan fingerprint density at radius 3 is 2.33 bits per heavy atom. The first-order valence-corrected chi connectivity index (χ1v) is 10.7. The number of nitrogens with two attached hydrogens (primary N) is 1. The van der Waals surface area contributed by atoms with Crippen LogP contribution in [0.4, 0.5) is 10.1 Å². The van der Waals surface area contributed by atoms with Gasteiger partial charge in [-0.25, -0.2) is 17.1 Å². The Kier molecular flexibility index (Phi) is 9.74. The molecule has 1 fully saturated rings. The molecule has 0 radical (unpaired) electrons. The monoisotopic (exact) mass is 513 g/mol. The fourth-order valence-electron chi connectivity index (χ4n) is 2.94. The second-order valence-electron chi connectivity index (χ2n) is 6.30. The Morgan fingerprint density at radius 1 is 1.22 bits per heavy atom. The van der Waals surface area contributed by atoms with Gasteiger partial charge in [-0.15, -0.1) is 24.0 Å². The van der Waals surface area contributed by atoms with E-state index in [0.717, 1.165) is 31.9 Å². The van der Waals surface area contributed by atoms with E-state index in [2.05, 4.69) is 9.89 Å². The predicted molar refractivity (Wildman–Crippen MR) is 119 cm³/mol. The van der Waals surface area contributed by atoms with Crippen molar-refractivity contribution >= 4 is 45.6 Å². The minimum Gasteiger partial charge on any atom is -0.370 e. The van der Waals surface area contributed by atoms with E-state index in [0.29, 0.717) is 32.0 Å². The summed E-state index contributed by atoms with van der Waals surface area (Å²) >= 11 is 0. The molecular weight excluding hydrogens is 484 g/mol. The number of guanidine groups is 1. The lowest BCUT2D eigenvalue weighted by Crippen LogP contribution is -2.51. The first-order chi connectivity index (χ1) is 12.3. The van der Waals surface area contributed by atoms with Gasteiger partial charge in [0.2, 0.25) is 10.0 Å². The summed E-state index contributed by atoms with van der Waals surface area (Å²) in [5, 5.41) is 0. The summed E-state index contributed by atoms with van der Waals surface area (Å²) in [6.45, 7) is 6.30. The van der Waals surface area contributed by atoms with Gasteiger partial charge in [0.1, 0.15) is 5.82 Å². The second-order valence-corrected chi connectivity index (χ2v) is 8.28. The van der Waals surface area contributed by atoms with Crippen LogP contribution >= 0.6 is 24.0 Å². The van der Waals surface area contributed by atoms with Gasteiger partial charge in [0.15, 0.2) is 5.96 Å². The molecule has 0 amide bonds. The maximum Gasteiger partial charge on any atom is 0.211 e. The van der Waals surface area contributed by atoms with Crippen LogP contribution in [0.5, 0.6) is 0 Å². The fourth-order valence-corrected chi connectivity index (χ4v) is 3.87. The van der Waals surface area contributed by atoms with Crippen molar-refractivity contribution in [3.63, 3.8) is 0 Å². The quantitative estimate of drug-likeness (QED) is 0.259. The van der Waals surface area contributed by atoms with Crippen LogP contribution in [-0.4, -0.2) is 75.7 Å². The molecule has 7 nitrogen and oxygen atoms in total. The Balaban J connectivity index is 0.00000364. The van der Waals surface area contributed by atoms with Crippen molar-refractivity contribution in [3.05, 3.63) is 30.1 Å². The minimum absolute atomic E-state index is 0. The summed E-state index contributed by atoms with van der Waals surface area (Å²) in [7, 11) is -3.16. The van der Waals surface area contributed by atoms with Gasteiger partial charge in [0.05, 0.1) is 6.26 Å². The second kappa shape index (κ2) is 11.0. The van der Waals surface area contributed by atoms with Gasteiger partial charge in [-0.3, -0.25) is 4.99 Å². The maximum absolute atomic E-state index is 13.0. The first kappa shape index (κ1) is 23.9. The molecule has 154 valence electrons. The number of hydrogen-bond donors (Lipinski definition) is 1. The Bertz CT molecular complexity index is 707. The molecule has 1 aromatic rings. The molecule has 0 bridgehead atoms. The van der Waals surface area contributed by atoms with Crippen molar-refractivity contribution in [3.8, 4) is 0 Å². The Morgan fingerprint density at radius 2 is 1.81 bits per heavy atom. The molecule has 1 aromatic carbocycles. The predicted octanol–water partition coefficient (Wildman–Crippen LogP) is 1.55. The SMILES string of the molecule is CCN(CCCN=C(N)N1CCN(c2ccc(F)cc2)CC1)S(C)(=O)=O.I. The van der Waals surface area contributed by atoms with Gasteiger partial charge in [0.25, 0.3) is 0 Å². The fraction of sp³-hybridized carbons (Fsp3) is 0.588. The van der Waals surface area contributed by atoms with E-state index in [1.54, 1.807) is 12.1 Å². The van der Waals surface area contributed by atoms with Crippen LogP contribution in [0, 0.1) is 5.82 Å². The number of aliphatic imine (C=N–C) groups is 1. The minimum atomic E-state index is -3.16. The highest BCUT2D eigenvalue weighted by molar-refractivity contribution is 14.0. The molecular formula is C17H29FIN5O2S. The average Bonchev–Trinajstić information content (AvgIpc) is 2.61. The number of piperazine rings is 1. The van der Waals surface area contributed by atoms with Crippen molar-refractivity contribution in [2.75, 3.05) is 57.0 Å². The lowest BCUT2D eigenvalue weighted by Gasteiger charge is -2.36. The lowest BCUT2D eigenvalue weighted by atomic mass is 10.2. The molecule has 0 atom stereocenters. The standard InChI is InChI=1S/C17H28FN5O2S.HI/c1-3-23(26(2,24)25)10-4-9-20-17(19)22-13-11-21(12-14-22)16-7-5-15(18)6-8-16;/h5-8H,3-4,9-14H2,1-2H3,(H2,19,20);1H. The van der Waals surface area contributed by atoms with Crippen LogP contribution in [0.25, 0.3) is 0 Å². The molecule has 0 aliphatic carbocycles. The van der Waals surface area contributed by atoms with E-state index >= 15 is 0 Å². The van der Waals surface area contributed by atoms with E-state index in [1.165, 1.54) is 22.7 Å². The molecule has 1 heterocycles. The summed E-state index contributed by atoms with van der Waals surface area (Å²) < 4.78 is 37.5. The summed E-state index contributed by atoms with van der Waals surface area (Å²) in [6.07, 6.45) is 1.85. The third-order valence-electron chi connectivity index (χ3n) is 4.46. The normalized spacial score (nSPS) is 15.8. The molecule has 0 saturated carbocycles. The molecule has 1 aliphatic heterocycles. The Hall–Kier alpha value is -1.14. The molecule has 1 saturated heterocycles. The molecule has 27 heavy (non-hydrogen) atoms. The summed E-state index contributed by atoms with van der Waals surface area (Å²) in [5.41, 5.74) is 7.07. The van der Waals surface area contributed by atoms with Crippen LogP contribution in [0.3, 0.4) is 0 Å². The van der Waals surface area contributed by atoms with E-state index in [-0.39, 0.29) is 29.8 Å². The van der Waals surface area contributed by atoms with Crippen molar-refractivity contribution in [2.24, 2.45) is 10.7 Å². The van der Waals surface area contributed by atoms with Gasteiger partial charge < -0.3 is 15.5 Å². The van der Waals surface area contributed by atoms with Crippen LogP contribution in [0.2, 0.25) is 0 Å². The number of nitrogens with zero attached hydrogens (tertiary/aromatic N) is 4. The highest BCUT2D eigenvalue weighted by Gasteiger charge is 2.18. The van der Waals surface area contributed by atoms with Gasteiger partial charge >= 0.3 is 0 Å². The third-order valence-corrected chi connectivity index (χ3v) is 5.84. The summed E-state index contributed by atoms with van der Waals surface area (Å²) in [5.74, 6) is 0.257. The number of rotatable bonds is 7. The van der Waals surface area contributed by atoms with Gasteiger partial charge in [-0.1, -0.05) is 6.92 Å². The van der Waals surface area contributed by atoms with Crippen LogP contribution in [0.1, 0.15) is 13.3 Å². The van der Waals surface area contributed by atoms with Gasteiger partial charge in [-0.2, -0.15) is 0 Å². The number of sulfonamides is 1. The zero-order valence-electron chi connectivity index (χ0n) is 15.8. The summed E-state index contributed by atoms with van der Waals surface area (Å²) in [6, 6.07) is 6.49. The van der Waals surface area contributed by atoms with E-state index in [4.69, 9.17) is 5.73 Å². The highest BCUT2D eigenvalue weighted by Crippen LogP contribution is 2.16. The zero-order valence-corrected chi connectivity index (χ0v) is 19.0. The first-order valence-electron chi connectivity index (χ1n) is 8.81. The van der Waals surface area contributed by atoms with Crippen molar-refractivity contribution in [2.45, 2.75) is 13.3 Å². The van der Waals surface area contributed by atoms with Crippen molar-refractivity contribution < 1.29 is 12.8 Å². The molecule has 1 aliphatic rings. The number of hydrogen-bond acceptors (Lipinski definition) is 4. The highest BCUT2D eigenvalue weighted by atomic mass is 127. The zero-order chi connectivity index (χ0) is 19.2. The van der Waals surface area contributed by atoms with Crippen LogP contribution in [-0.2, 0) is 10.0 Å². The molecule has 0 aromatic heterocycles. The average molecular weight is 513 g/mol. The number of halogens is 2. The smallest absolute Gasteiger partial charge is 0.211 e. The van der Waals surface area contributed by atoms with Crippen molar-refractivity contribution in [1.29, 1.82) is 0 Å². The molecule has 10 heteroatoms. The molecule has 2 rings (SSSR count). The van der Waals surface area contributed by atoms with E-state index < -0.39 is 10.0 Å². The third kappa shape index (κ3) is 7.41. The molecule has 0 unspecified atom stereocenters. The van der Waals surface area contributed by atoms with Gasteiger partial charge in [-0.05, 0) is 30.7 Å². The number of anilines is 1. The van der Waals surface area contributed by atoms with Crippen molar-refractivity contribution in [1.82, 2.24) is 9.21 Å². The topological polar surface area (TPSA) is 82.2 Å². The van der Waals surface area contributed by atoms with E-state index in [1.807, 2.05) is 11.8 Å². The van der Waals surface area contributed by atoms with Crippen LogP contribution < -0.4 is 10.6 Å². The Labute approximate surface area is 178 Å². The lowest BCUT2D eigenvalue weighted by molar-refractivity contribution is 0.379.